The fourth-order valence-corrected chi connectivity index (χ4v) is 1.55. The molecule has 0 aromatic heterocycles. The van der Waals surface area contributed by atoms with Crippen LogP contribution in [0.2, 0.25) is 0 Å². The maximum atomic E-state index is 10.9. The van der Waals surface area contributed by atoms with E-state index in [1.165, 1.54) is 0 Å². The number of rotatable bonds is 18. The first-order chi connectivity index (χ1) is 15.3. The third-order valence-electron chi connectivity index (χ3n) is 3.04. The van der Waals surface area contributed by atoms with Gasteiger partial charge in [-0.05, 0) is 13.8 Å². The van der Waals surface area contributed by atoms with Gasteiger partial charge in [-0.3, -0.25) is 4.79 Å². The van der Waals surface area contributed by atoms with Crippen molar-refractivity contribution in [3.8, 4) is 0 Å². The Bertz CT molecular complexity index is 521. The summed E-state index contributed by atoms with van der Waals surface area (Å²) in [6, 6.07) is 0. The van der Waals surface area contributed by atoms with Crippen molar-refractivity contribution in [3.05, 3.63) is 24.3 Å². The summed E-state index contributed by atoms with van der Waals surface area (Å²) in [5, 5.41) is 0. The lowest BCUT2D eigenvalue weighted by atomic mass is 10.4. The van der Waals surface area contributed by atoms with Crippen LogP contribution in [0.5, 0.6) is 0 Å². The van der Waals surface area contributed by atoms with E-state index in [1.54, 1.807) is 21.0 Å². The lowest BCUT2D eigenvalue weighted by molar-refractivity contribution is -0.143. The molecule has 0 aromatic rings. The second-order valence-corrected chi connectivity index (χ2v) is 6.36. The third-order valence-corrected chi connectivity index (χ3v) is 3.30. The predicted octanol–water partition coefficient (Wildman–Crippen LogP) is 1.38. The molecule has 0 saturated heterocycles. The molecule has 0 amide bonds. The van der Waals surface area contributed by atoms with Crippen molar-refractivity contribution in [2.45, 2.75) is 13.8 Å². The van der Waals surface area contributed by atoms with Gasteiger partial charge in [0.15, 0.2) is 0 Å². The minimum atomic E-state index is -0.442. The van der Waals surface area contributed by atoms with Gasteiger partial charge in [0, 0.05) is 18.3 Å². The van der Waals surface area contributed by atoms with Gasteiger partial charge in [-0.2, -0.15) is 12.6 Å². The predicted molar refractivity (Wildman–Crippen MR) is 121 cm³/mol. The van der Waals surface area contributed by atoms with Crippen molar-refractivity contribution in [3.63, 3.8) is 0 Å². The first-order valence-corrected chi connectivity index (χ1v) is 10.5. The average molecular weight is 481 g/mol. The van der Waals surface area contributed by atoms with Crippen LogP contribution in [0.4, 0.5) is 0 Å². The van der Waals surface area contributed by atoms with E-state index in [4.69, 9.17) is 33.2 Å². The maximum Gasteiger partial charge on any atom is 0.333 e. The number of esters is 3. The van der Waals surface area contributed by atoms with Gasteiger partial charge < -0.3 is 33.2 Å². The minimum Gasteiger partial charge on any atom is -0.463 e. The van der Waals surface area contributed by atoms with E-state index >= 15 is 0 Å². The van der Waals surface area contributed by atoms with Crippen molar-refractivity contribution in [1.29, 1.82) is 0 Å². The van der Waals surface area contributed by atoms with Gasteiger partial charge in [-0.15, -0.1) is 0 Å². The summed E-state index contributed by atoms with van der Waals surface area (Å²) in [6.45, 7) is 13.6. The zero-order valence-electron chi connectivity index (χ0n) is 19.2. The quantitative estimate of drug-likeness (QED) is 0.101. The average Bonchev–Trinajstić information content (AvgIpc) is 2.76. The molecule has 11 heteroatoms. The molecule has 0 unspecified atom stereocenters. The monoisotopic (exact) mass is 480 g/mol. The Morgan fingerprint density at radius 1 is 0.625 bits per heavy atom. The van der Waals surface area contributed by atoms with Crippen LogP contribution in [-0.2, 0) is 47.5 Å². The Kier molecular flexibility index (Phi) is 23.9. The molecule has 0 heterocycles. The van der Waals surface area contributed by atoms with Crippen LogP contribution >= 0.6 is 12.6 Å². The summed E-state index contributed by atoms with van der Waals surface area (Å²) in [4.78, 5) is 32.5. The molecule has 32 heavy (non-hydrogen) atoms. The largest absolute Gasteiger partial charge is 0.463 e. The number of thiol groups is 1. The number of hydrogen-bond donors (Lipinski definition) is 1. The molecule has 0 aromatic carbocycles. The number of hydrogen-bond acceptors (Lipinski definition) is 11. The molecule has 0 bridgehead atoms. The number of carbonyl (C=O) groups is 3. The highest BCUT2D eigenvalue weighted by atomic mass is 32.1. The van der Waals surface area contributed by atoms with Crippen molar-refractivity contribution in [1.82, 2.24) is 0 Å². The van der Waals surface area contributed by atoms with Crippen molar-refractivity contribution in [2.24, 2.45) is 0 Å². The number of carbonyl (C=O) groups excluding carboxylic acids is 3. The lowest BCUT2D eigenvalue weighted by Gasteiger charge is -2.06. The molecular formula is C21H36O10S. The molecule has 10 nitrogen and oxygen atoms in total. The summed E-state index contributed by atoms with van der Waals surface area (Å²) in [6.07, 6.45) is 0. The van der Waals surface area contributed by atoms with Gasteiger partial charge in [-0.1, -0.05) is 13.2 Å². The summed E-state index contributed by atoms with van der Waals surface area (Å²) in [5.74, 6) is -1.12. The van der Waals surface area contributed by atoms with E-state index in [0.29, 0.717) is 44.2 Å². The Morgan fingerprint density at radius 2 is 0.969 bits per heavy atom. The molecule has 0 fully saturated rings. The molecule has 0 rings (SSSR count). The van der Waals surface area contributed by atoms with Gasteiger partial charge in [0.1, 0.15) is 19.8 Å². The topological polar surface area (TPSA) is 116 Å². The first kappa shape index (κ1) is 32.3. The van der Waals surface area contributed by atoms with E-state index in [9.17, 15) is 14.4 Å². The van der Waals surface area contributed by atoms with Gasteiger partial charge in [0.2, 0.25) is 0 Å². The Balaban J connectivity index is 0. The second-order valence-electron chi connectivity index (χ2n) is 6.04. The van der Waals surface area contributed by atoms with Gasteiger partial charge >= 0.3 is 17.9 Å². The summed E-state index contributed by atoms with van der Waals surface area (Å²) < 4.78 is 34.5. The van der Waals surface area contributed by atoms with Gasteiger partial charge in [-0.25, -0.2) is 9.59 Å². The van der Waals surface area contributed by atoms with E-state index in [-0.39, 0.29) is 44.8 Å². The molecule has 0 radical (unpaired) electrons. The zero-order chi connectivity index (χ0) is 24.6. The van der Waals surface area contributed by atoms with Crippen LogP contribution in [-0.4, -0.2) is 96.8 Å². The Morgan fingerprint density at radius 3 is 1.31 bits per heavy atom. The molecular weight excluding hydrogens is 444 g/mol. The fourth-order valence-electron chi connectivity index (χ4n) is 1.46. The summed E-state index contributed by atoms with van der Waals surface area (Å²) in [7, 11) is 1.62. The van der Waals surface area contributed by atoms with Crippen molar-refractivity contribution < 1.29 is 47.5 Å². The fraction of sp³-hybridized carbons (Fsp3) is 0.667. The van der Waals surface area contributed by atoms with Crippen LogP contribution in [0.1, 0.15) is 13.8 Å². The molecule has 0 saturated carbocycles. The minimum absolute atomic E-state index is 0.0974. The Hall–Kier alpha value is -1.92. The third kappa shape index (κ3) is 24.4. The normalized spacial score (nSPS) is 9.88. The Labute approximate surface area is 195 Å². The van der Waals surface area contributed by atoms with Crippen LogP contribution in [0.25, 0.3) is 0 Å². The smallest absolute Gasteiger partial charge is 0.333 e. The highest BCUT2D eigenvalue weighted by Crippen LogP contribution is 1.93. The first-order valence-electron chi connectivity index (χ1n) is 9.90. The van der Waals surface area contributed by atoms with Gasteiger partial charge in [0.05, 0.1) is 52.0 Å². The van der Waals surface area contributed by atoms with E-state index in [2.05, 4.69) is 25.8 Å². The van der Waals surface area contributed by atoms with Crippen molar-refractivity contribution in [2.75, 3.05) is 78.9 Å². The standard InChI is InChI=1S/C12H18O5.C9H18O5S/c1-9(2)11(13)16-7-5-15-6-8-17-12(14)10(3)4;1-11-2-3-12-4-5-13-6-7-14-9(10)8-15/h1,3,5-8H2,2,4H3;15H,2-8H2,1H3. The number of ether oxygens (including phenoxy) is 7. The van der Waals surface area contributed by atoms with Crippen LogP contribution in [0.15, 0.2) is 24.3 Å². The van der Waals surface area contributed by atoms with E-state index in [0.717, 1.165) is 0 Å². The highest BCUT2D eigenvalue weighted by Gasteiger charge is 2.03. The van der Waals surface area contributed by atoms with E-state index in [1.807, 2.05) is 0 Å². The summed E-state index contributed by atoms with van der Waals surface area (Å²) in [5.41, 5.74) is 0.695. The van der Waals surface area contributed by atoms with Gasteiger partial charge in [0.25, 0.3) is 0 Å². The highest BCUT2D eigenvalue weighted by molar-refractivity contribution is 7.81. The molecule has 0 aliphatic heterocycles. The van der Waals surface area contributed by atoms with Crippen molar-refractivity contribution >= 4 is 30.5 Å². The summed E-state index contributed by atoms with van der Waals surface area (Å²) >= 11 is 3.76. The molecule has 0 aliphatic rings. The number of methoxy groups -OCH3 is 1. The maximum absolute atomic E-state index is 10.9. The SMILES string of the molecule is C=C(C)C(=O)OCCOCCOC(=O)C(=C)C.COCCOCCOCCOC(=O)CS. The molecule has 186 valence electrons. The second kappa shape index (κ2) is 23.7. The lowest BCUT2D eigenvalue weighted by Crippen LogP contribution is -2.14. The molecule has 0 aliphatic carbocycles. The zero-order valence-corrected chi connectivity index (χ0v) is 20.1. The van der Waals surface area contributed by atoms with E-state index < -0.39 is 11.9 Å². The van der Waals surface area contributed by atoms with Crippen LogP contribution in [0, 0.1) is 0 Å². The van der Waals surface area contributed by atoms with Crippen LogP contribution < -0.4 is 0 Å². The molecule has 0 atom stereocenters. The molecule has 0 spiro atoms. The van der Waals surface area contributed by atoms with Crippen LogP contribution in [0.3, 0.4) is 0 Å². The molecule has 0 N–H and O–H groups in total.